The molecule has 0 bridgehead atoms. The van der Waals surface area contributed by atoms with Crippen LogP contribution in [0.5, 0.6) is 0 Å². The van der Waals surface area contributed by atoms with Gasteiger partial charge in [-0.15, -0.1) is 0 Å². The number of nitrogens with one attached hydrogen (secondary N) is 2. The summed E-state index contributed by atoms with van der Waals surface area (Å²) in [5, 5.41) is 9.15. The predicted molar refractivity (Wildman–Crippen MR) is 74.8 cm³/mol. The maximum absolute atomic E-state index is 13.3. The van der Waals surface area contributed by atoms with Crippen molar-refractivity contribution in [2.75, 3.05) is 18.4 Å². The second kappa shape index (κ2) is 6.94. The Bertz CT molecular complexity index is 607. The van der Waals surface area contributed by atoms with E-state index in [0.717, 1.165) is 24.1 Å². The summed E-state index contributed by atoms with van der Waals surface area (Å²) >= 11 is 0. The van der Waals surface area contributed by atoms with Crippen molar-refractivity contribution in [2.45, 2.75) is 6.42 Å². The summed E-state index contributed by atoms with van der Waals surface area (Å²) in [7, 11) is 1.83. The first kappa shape index (κ1) is 15.1. The monoisotopic (exact) mass is 294 g/mol. The van der Waals surface area contributed by atoms with Crippen LogP contribution in [0.3, 0.4) is 0 Å². The predicted octanol–water partition coefficient (Wildman–Crippen LogP) is 1.47. The van der Waals surface area contributed by atoms with Crippen molar-refractivity contribution in [3.63, 3.8) is 0 Å². The standard InChI is InChI=1S/C14H16F2N4O/c1-20-9-10(7-18-20)5-6-17-8-13(21)19-14-11(15)3-2-4-12(14)16/h2-4,7,9,17H,5-6,8H2,1H3,(H,19,21). The second-order valence-electron chi connectivity index (χ2n) is 4.59. The summed E-state index contributed by atoms with van der Waals surface area (Å²) in [4.78, 5) is 11.6. The maximum atomic E-state index is 13.3. The highest BCUT2D eigenvalue weighted by atomic mass is 19.1. The van der Waals surface area contributed by atoms with Crippen LogP contribution in [0, 0.1) is 11.6 Å². The Kier molecular flexibility index (Phi) is 4.99. The van der Waals surface area contributed by atoms with Gasteiger partial charge in [-0.25, -0.2) is 8.78 Å². The molecule has 1 aromatic heterocycles. The van der Waals surface area contributed by atoms with Crippen LogP contribution in [0.2, 0.25) is 0 Å². The van der Waals surface area contributed by atoms with Gasteiger partial charge in [-0.1, -0.05) is 6.07 Å². The van der Waals surface area contributed by atoms with Crippen molar-refractivity contribution in [1.29, 1.82) is 0 Å². The minimum atomic E-state index is -0.793. The van der Waals surface area contributed by atoms with Gasteiger partial charge in [-0.2, -0.15) is 5.10 Å². The molecule has 21 heavy (non-hydrogen) atoms. The SMILES string of the molecule is Cn1cc(CCNCC(=O)Nc2c(F)cccc2F)cn1. The van der Waals surface area contributed by atoms with Gasteiger partial charge in [0.25, 0.3) is 0 Å². The number of carbonyl (C=O) groups is 1. The van der Waals surface area contributed by atoms with Gasteiger partial charge in [-0.05, 0) is 30.7 Å². The van der Waals surface area contributed by atoms with Gasteiger partial charge < -0.3 is 10.6 Å². The van der Waals surface area contributed by atoms with Gasteiger partial charge in [0.05, 0.1) is 12.7 Å². The minimum absolute atomic E-state index is 0.0198. The fourth-order valence-electron chi connectivity index (χ4n) is 1.84. The van der Waals surface area contributed by atoms with Crippen LogP contribution < -0.4 is 10.6 Å². The Morgan fingerprint density at radius 1 is 1.33 bits per heavy atom. The summed E-state index contributed by atoms with van der Waals surface area (Å²) in [6.45, 7) is 0.549. The number of aromatic nitrogens is 2. The van der Waals surface area contributed by atoms with Gasteiger partial charge in [-0.3, -0.25) is 9.48 Å². The van der Waals surface area contributed by atoms with Crippen LogP contribution in [0.25, 0.3) is 0 Å². The summed E-state index contributed by atoms with van der Waals surface area (Å²) < 4.78 is 28.4. The Morgan fingerprint density at radius 2 is 2.05 bits per heavy atom. The van der Waals surface area contributed by atoms with Gasteiger partial charge in [0, 0.05) is 13.2 Å². The van der Waals surface area contributed by atoms with E-state index in [1.807, 2.05) is 13.2 Å². The van der Waals surface area contributed by atoms with Crippen LogP contribution in [0.15, 0.2) is 30.6 Å². The quantitative estimate of drug-likeness (QED) is 0.793. The highest BCUT2D eigenvalue weighted by Gasteiger charge is 2.11. The van der Waals surface area contributed by atoms with E-state index in [-0.39, 0.29) is 6.54 Å². The van der Waals surface area contributed by atoms with Gasteiger partial charge >= 0.3 is 0 Å². The fourth-order valence-corrected chi connectivity index (χ4v) is 1.84. The lowest BCUT2D eigenvalue weighted by Gasteiger charge is -2.08. The molecule has 5 nitrogen and oxygen atoms in total. The highest BCUT2D eigenvalue weighted by molar-refractivity contribution is 5.92. The molecule has 7 heteroatoms. The lowest BCUT2D eigenvalue weighted by Crippen LogP contribution is -2.30. The third kappa shape index (κ3) is 4.35. The van der Waals surface area contributed by atoms with Crippen molar-refractivity contribution >= 4 is 11.6 Å². The smallest absolute Gasteiger partial charge is 0.238 e. The van der Waals surface area contributed by atoms with E-state index in [2.05, 4.69) is 15.7 Å². The maximum Gasteiger partial charge on any atom is 0.238 e. The molecule has 0 saturated carbocycles. The number of amides is 1. The number of halogens is 2. The first-order valence-corrected chi connectivity index (χ1v) is 6.48. The molecule has 0 radical (unpaired) electrons. The van der Waals surface area contributed by atoms with Gasteiger partial charge in [0.15, 0.2) is 0 Å². The summed E-state index contributed by atoms with van der Waals surface area (Å²) in [5.41, 5.74) is 0.627. The molecular weight excluding hydrogens is 278 g/mol. The molecule has 0 saturated heterocycles. The molecule has 0 atom stereocenters. The number of anilines is 1. The lowest BCUT2D eigenvalue weighted by atomic mass is 10.2. The first-order valence-electron chi connectivity index (χ1n) is 6.48. The van der Waals surface area contributed by atoms with Crippen molar-refractivity contribution in [1.82, 2.24) is 15.1 Å². The summed E-state index contributed by atoms with van der Waals surface area (Å²) in [6.07, 6.45) is 4.35. The number of hydrogen-bond donors (Lipinski definition) is 2. The third-order valence-corrected chi connectivity index (χ3v) is 2.86. The molecule has 112 valence electrons. The Morgan fingerprint density at radius 3 is 2.67 bits per heavy atom. The van der Waals surface area contributed by atoms with Crippen LogP contribution in [-0.4, -0.2) is 28.8 Å². The van der Waals surface area contributed by atoms with E-state index in [4.69, 9.17) is 0 Å². The van der Waals surface area contributed by atoms with Crippen molar-refractivity contribution < 1.29 is 13.6 Å². The van der Waals surface area contributed by atoms with Crippen molar-refractivity contribution in [3.8, 4) is 0 Å². The molecule has 1 amide bonds. The number of aryl methyl sites for hydroxylation is 1. The molecule has 0 fully saturated rings. The largest absolute Gasteiger partial charge is 0.320 e. The van der Waals surface area contributed by atoms with Crippen LogP contribution >= 0.6 is 0 Å². The molecule has 1 aromatic carbocycles. The van der Waals surface area contributed by atoms with Crippen LogP contribution in [0.1, 0.15) is 5.56 Å². The molecular formula is C14H16F2N4O. The molecule has 0 aliphatic carbocycles. The Balaban J connectivity index is 1.75. The molecule has 2 rings (SSSR count). The number of para-hydroxylation sites is 1. The number of rotatable bonds is 6. The number of nitrogens with zero attached hydrogens (tertiary/aromatic N) is 2. The zero-order chi connectivity index (χ0) is 15.2. The van der Waals surface area contributed by atoms with E-state index in [9.17, 15) is 13.6 Å². The minimum Gasteiger partial charge on any atom is -0.320 e. The Hall–Kier alpha value is -2.28. The zero-order valence-electron chi connectivity index (χ0n) is 11.6. The molecule has 2 N–H and O–H groups in total. The zero-order valence-corrected chi connectivity index (χ0v) is 11.6. The number of hydrogen-bond acceptors (Lipinski definition) is 3. The van der Waals surface area contributed by atoms with E-state index < -0.39 is 23.2 Å². The van der Waals surface area contributed by atoms with Crippen molar-refractivity contribution in [2.24, 2.45) is 7.05 Å². The number of benzene rings is 1. The highest BCUT2D eigenvalue weighted by Crippen LogP contribution is 2.17. The normalized spacial score (nSPS) is 10.6. The topological polar surface area (TPSA) is 59.0 Å². The number of carbonyl (C=O) groups excluding carboxylic acids is 1. The fraction of sp³-hybridized carbons (Fsp3) is 0.286. The van der Waals surface area contributed by atoms with E-state index in [1.54, 1.807) is 10.9 Å². The molecule has 2 aromatic rings. The average molecular weight is 294 g/mol. The summed E-state index contributed by atoms with van der Waals surface area (Å²) in [5.74, 6) is -2.08. The van der Waals surface area contributed by atoms with E-state index >= 15 is 0 Å². The summed E-state index contributed by atoms with van der Waals surface area (Å²) in [6, 6.07) is 3.43. The van der Waals surface area contributed by atoms with E-state index in [0.29, 0.717) is 6.54 Å². The van der Waals surface area contributed by atoms with Crippen molar-refractivity contribution in [3.05, 3.63) is 47.8 Å². The molecule has 1 heterocycles. The first-order chi connectivity index (χ1) is 10.1. The van der Waals surface area contributed by atoms with Gasteiger partial charge in [0.1, 0.15) is 17.3 Å². The Labute approximate surface area is 121 Å². The van der Waals surface area contributed by atoms with E-state index in [1.165, 1.54) is 6.07 Å². The molecule has 0 spiro atoms. The van der Waals surface area contributed by atoms with Crippen LogP contribution in [-0.2, 0) is 18.3 Å². The molecule has 0 unspecified atom stereocenters. The second-order valence-corrected chi connectivity index (χ2v) is 4.59. The average Bonchev–Trinajstić information content (AvgIpc) is 2.85. The lowest BCUT2D eigenvalue weighted by molar-refractivity contribution is -0.115. The third-order valence-electron chi connectivity index (χ3n) is 2.86. The van der Waals surface area contributed by atoms with Crippen LogP contribution in [0.4, 0.5) is 14.5 Å². The molecule has 0 aliphatic rings. The molecule has 0 aliphatic heterocycles. The van der Waals surface area contributed by atoms with Gasteiger partial charge in [0.2, 0.25) is 5.91 Å².